The minimum atomic E-state index is -0.495. The van der Waals surface area contributed by atoms with Gasteiger partial charge < -0.3 is 26.7 Å². The molecule has 1 heterocycles. The van der Waals surface area contributed by atoms with Crippen LogP contribution in [0.5, 0.6) is 0 Å². The number of carbonyl (C=O) groups is 4. The first-order valence-corrected chi connectivity index (χ1v) is 11.5. The van der Waals surface area contributed by atoms with E-state index in [1.807, 2.05) is 0 Å². The van der Waals surface area contributed by atoms with Gasteiger partial charge in [0, 0.05) is 74.3 Å². The molecule has 1 aliphatic rings. The van der Waals surface area contributed by atoms with E-state index in [1.54, 1.807) is 43.4 Å². The molecule has 1 aliphatic heterocycles. The quantitative estimate of drug-likeness (QED) is 0.0616. The number of anilines is 1. The largest absolute Gasteiger partial charge is 0.400 e. The van der Waals surface area contributed by atoms with Crippen molar-refractivity contribution < 1.29 is 19.2 Å². The Morgan fingerprint density at radius 2 is 2.06 bits per heavy atom. The Balaban J connectivity index is 1.89. The van der Waals surface area contributed by atoms with E-state index in [9.17, 15) is 19.2 Å². The standard InChI is InChI=1S/C23H36N8O4/c1-26-12-17(24)13-31(25)11-10-27-9-8-22(34)28-19-5-3-4-16(15-32)18(19)14-30(2)20-6-7-21(33)29-23(20)35/h3-5,13,15,20,26-27H,6-12,14,24-25H2,1-2H3,(H,28,34)(H,29,33,35)/b17-13-. The molecule has 1 fully saturated rings. The summed E-state index contributed by atoms with van der Waals surface area (Å²) < 4.78 is 0. The van der Waals surface area contributed by atoms with Gasteiger partial charge in [-0.2, -0.15) is 0 Å². The molecule has 12 heteroatoms. The SMILES string of the molecule is CNC/C(N)=C/N(N)CCNCCC(=O)Nc1cccc(C=O)c1CN(C)C1CCC(=O)NC1=O. The Hall–Kier alpha value is -3.32. The number of carbonyl (C=O) groups excluding carboxylic acids is 4. The van der Waals surface area contributed by atoms with Crippen LogP contribution >= 0.6 is 0 Å². The zero-order chi connectivity index (χ0) is 25.8. The molecule has 1 aromatic carbocycles. The topological polar surface area (TPSA) is 175 Å². The fourth-order valence-corrected chi connectivity index (χ4v) is 3.75. The lowest BCUT2D eigenvalue weighted by Gasteiger charge is -2.30. The van der Waals surface area contributed by atoms with E-state index in [1.165, 1.54) is 5.01 Å². The number of imide groups is 1. The summed E-state index contributed by atoms with van der Waals surface area (Å²) in [7, 11) is 3.54. The van der Waals surface area contributed by atoms with Gasteiger partial charge >= 0.3 is 0 Å². The molecule has 8 N–H and O–H groups in total. The van der Waals surface area contributed by atoms with Gasteiger partial charge in [-0.15, -0.1) is 0 Å². The van der Waals surface area contributed by atoms with Crippen LogP contribution in [0.4, 0.5) is 5.69 Å². The van der Waals surface area contributed by atoms with Crippen molar-refractivity contribution in [1.29, 1.82) is 0 Å². The first kappa shape index (κ1) is 27.9. The van der Waals surface area contributed by atoms with Gasteiger partial charge in [0.2, 0.25) is 17.7 Å². The molecule has 1 atom stereocenters. The maximum absolute atomic E-state index is 12.5. The first-order valence-electron chi connectivity index (χ1n) is 11.5. The van der Waals surface area contributed by atoms with Crippen molar-refractivity contribution in [2.45, 2.75) is 31.8 Å². The second-order valence-electron chi connectivity index (χ2n) is 8.39. The number of piperidine rings is 1. The number of nitrogens with one attached hydrogen (secondary N) is 4. The lowest BCUT2D eigenvalue weighted by Crippen LogP contribution is -2.51. The summed E-state index contributed by atoms with van der Waals surface area (Å²) in [6, 6.07) is 4.58. The number of likely N-dealkylation sites (N-methyl/N-ethyl adjacent to an activating group) is 2. The fraction of sp³-hybridized carbons (Fsp3) is 0.478. The zero-order valence-corrected chi connectivity index (χ0v) is 20.3. The summed E-state index contributed by atoms with van der Waals surface area (Å²) >= 11 is 0. The highest BCUT2D eigenvalue weighted by Crippen LogP contribution is 2.23. The minimum Gasteiger partial charge on any atom is -0.400 e. The molecule has 192 valence electrons. The molecule has 0 bridgehead atoms. The third-order valence-electron chi connectivity index (χ3n) is 5.55. The number of nitrogens with zero attached hydrogens (tertiary/aromatic N) is 2. The molecule has 1 saturated heterocycles. The van der Waals surface area contributed by atoms with Crippen LogP contribution in [0.25, 0.3) is 0 Å². The number of nitrogens with two attached hydrogens (primary N) is 2. The Kier molecular flexibility index (Phi) is 11.3. The van der Waals surface area contributed by atoms with Crippen molar-refractivity contribution in [2.24, 2.45) is 11.6 Å². The van der Waals surface area contributed by atoms with Crippen molar-refractivity contribution in [3.63, 3.8) is 0 Å². The van der Waals surface area contributed by atoms with Crippen molar-refractivity contribution in [3.05, 3.63) is 41.2 Å². The van der Waals surface area contributed by atoms with Crippen LogP contribution in [0.1, 0.15) is 35.2 Å². The molecule has 35 heavy (non-hydrogen) atoms. The van der Waals surface area contributed by atoms with Crippen LogP contribution < -0.4 is 32.8 Å². The van der Waals surface area contributed by atoms with Crippen LogP contribution in [0, 0.1) is 0 Å². The molecule has 0 aliphatic carbocycles. The van der Waals surface area contributed by atoms with Gasteiger partial charge in [-0.05, 0) is 26.6 Å². The predicted octanol–water partition coefficient (Wildman–Crippen LogP) is -1.15. The second kappa shape index (κ2) is 14.2. The van der Waals surface area contributed by atoms with E-state index in [2.05, 4.69) is 21.3 Å². The van der Waals surface area contributed by atoms with Gasteiger partial charge in [0.05, 0.1) is 6.04 Å². The average molecular weight is 489 g/mol. The van der Waals surface area contributed by atoms with E-state index in [0.717, 1.165) is 6.29 Å². The van der Waals surface area contributed by atoms with Crippen LogP contribution in [-0.2, 0) is 20.9 Å². The highest BCUT2D eigenvalue weighted by molar-refractivity contribution is 6.00. The number of hydrogen-bond donors (Lipinski definition) is 6. The number of amides is 3. The normalized spacial score (nSPS) is 16.2. The number of hydrogen-bond acceptors (Lipinski definition) is 10. The maximum atomic E-state index is 12.5. The monoisotopic (exact) mass is 488 g/mol. The third kappa shape index (κ3) is 9.09. The molecule has 2 rings (SSSR count). The van der Waals surface area contributed by atoms with E-state index >= 15 is 0 Å². The van der Waals surface area contributed by atoms with Crippen molar-refractivity contribution in [3.8, 4) is 0 Å². The number of hydrazine groups is 1. The Morgan fingerprint density at radius 1 is 1.29 bits per heavy atom. The van der Waals surface area contributed by atoms with Gasteiger partial charge in [-0.1, -0.05) is 12.1 Å². The summed E-state index contributed by atoms with van der Waals surface area (Å²) in [6.07, 6.45) is 3.25. The molecule has 1 aromatic rings. The number of benzene rings is 1. The molecule has 12 nitrogen and oxygen atoms in total. The average Bonchev–Trinajstić information content (AvgIpc) is 2.79. The summed E-state index contributed by atoms with van der Waals surface area (Å²) in [5.74, 6) is 4.99. The first-order chi connectivity index (χ1) is 16.7. The van der Waals surface area contributed by atoms with Crippen molar-refractivity contribution in [1.82, 2.24) is 25.9 Å². The second-order valence-corrected chi connectivity index (χ2v) is 8.39. The lowest BCUT2D eigenvalue weighted by molar-refractivity contribution is -0.137. The van der Waals surface area contributed by atoms with Gasteiger partial charge in [-0.25, -0.2) is 5.84 Å². The number of rotatable bonds is 14. The van der Waals surface area contributed by atoms with E-state index in [-0.39, 0.29) is 37.1 Å². The van der Waals surface area contributed by atoms with E-state index < -0.39 is 6.04 Å². The summed E-state index contributed by atoms with van der Waals surface area (Å²) in [4.78, 5) is 49.6. The Morgan fingerprint density at radius 3 is 2.74 bits per heavy atom. The minimum absolute atomic E-state index is 0.215. The van der Waals surface area contributed by atoms with Crippen molar-refractivity contribution >= 4 is 29.7 Å². The number of aldehydes is 1. The highest BCUT2D eigenvalue weighted by atomic mass is 16.2. The lowest BCUT2D eigenvalue weighted by atomic mass is 10.0. The van der Waals surface area contributed by atoms with Gasteiger partial charge in [0.25, 0.3) is 0 Å². The Bertz CT molecular complexity index is 936. The van der Waals surface area contributed by atoms with Crippen LogP contribution in [0.3, 0.4) is 0 Å². The van der Waals surface area contributed by atoms with Crippen LogP contribution in [-0.4, -0.2) is 80.2 Å². The molecule has 0 radical (unpaired) electrons. The summed E-state index contributed by atoms with van der Waals surface area (Å²) in [5, 5.41) is 12.8. The maximum Gasteiger partial charge on any atom is 0.243 e. The van der Waals surface area contributed by atoms with Gasteiger partial charge in [0.1, 0.15) is 6.29 Å². The molecule has 0 aromatic heterocycles. The highest BCUT2D eigenvalue weighted by Gasteiger charge is 2.30. The molecule has 0 saturated carbocycles. The smallest absolute Gasteiger partial charge is 0.243 e. The van der Waals surface area contributed by atoms with E-state index in [0.29, 0.717) is 55.1 Å². The molecule has 3 amide bonds. The zero-order valence-electron chi connectivity index (χ0n) is 20.3. The molecular formula is C23H36N8O4. The van der Waals surface area contributed by atoms with Crippen LogP contribution in [0.2, 0.25) is 0 Å². The summed E-state index contributed by atoms with van der Waals surface area (Å²) in [5.41, 5.74) is 7.96. The third-order valence-corrected chi connectivity index (χ3v) is 5.55. The van der Waals surface area contributed by atoms with Gasteiger partial charge in [0.15, 0.2) is 0 Å². The predicted molar refractivity (Wildman–Crippen MR) is 133 cm³/mol. The molecule has 1 unspecified atom stereocenters. The van der Waals surface area contributed by atoms with Gasteiger partial charge in [-0.3, -0.25) is 29.4 Å². The molecule has 0 spiro atoms. The molecular weight excluding hydrogens is 452 g/mol. The van der Waals surface area contributed by atoms with Crippen molar-refractivity contribution in [2.75, 3.05) is 45.6 Å². The van der Waals surface area contributed by atoms with Crippen LogP contribution in [0.15, 0.2) is 30.1 Å². The fourth-order valence-electron chi connectivity index (χ4n) is 3.75. The summed E-state index contributed by atoms with van der Waals surface area (Å²) in [6.45, 7) is 2.32. The Labute approximate surface area is 205 Å². The van der Waals surface area contributed by atoms with E-state index in [4.69, 9.17) is 11.6 Å².